The molecule has 0 bridgehead atoms. The predicted octanol–water partition coefficient (Wildman–Crippen LogP) is -0.241. The van der Waals surface area contributed by atoms with E-state index in [2.05, 4.69) is 5.32 Å². The minimum atomic E-state index is -0.219. The number of aliphatic hydroxyl groups is 1. The quantitative estimate of drug-likeness (QED) is 0.551. The summed E-state index contributed by atoms with van der Waals surface area (Å²) in [6, 6.07) is 0. The van der Waals surface area contributed by atoms with E-state index in [1.54, 1.807) is 0 Å². The summed E-state index contributed by atoms with van der Waals surface area (Å²) < 4.78 is 0. The summed E-state index contributed by atoms with van der Waals surface area (Å²) in [4.78, 5) is 0. The Balaban J connectivity index is 0. The van der Waals surface area contributed by atoms with Gasteiger partial charge in [-0.1, -0.05) is 0 Å². The summed E-state index contributed by atoms with van der Waals surface area (Å²) in [7, 11) is 0. The van der Waals surface area contributed by atoms with Crippen molar-refractivity contribution >= 4 is 24.8 Å². The maximum atomic E-state index is 9.23. The summed E-state index contributed by atoms with van der Waals surface area (Å²) in [5.74, 6) is 0.325. The molecule has 0 spiro atoms. The van der Waals surface area contributed by atoms with Gasteiger partial charge in [0.2, 0.25) is 0 Å². The zero-order chi connectivity index (χ0) is 6.69. The highest BCUT2D eigenvalue weighted by Crippen LogP contribution is 2.09. The van der Waals surface area contributed by atoms with Gasteiger partial charge in [-0.05, 0) is 25.4 Å². The van der Waals surface area contributed by atoms with Crippen LogP contribution in [0.25, 0.3) is 0 Å². The molecule has 1 heterocycles. The van der Waals surface area contributed by atoms with Gasteiger partial charge < -0.3 is 16.2 Å². The van der Waals surface area contributed by atoms with Crippen LogP contribution in [0.3, 0.4) is 0 Å². The Labute approximate surface area is 79.5 Å². The van der Waals surface area contributed by atoms with E-state index < -0.39 is 0 Å². The number of aliphatic hydroxyl groups excluding tert-OH is 1. The summed E-state index contributed by atoms with van der Waals surface area (Å²) in [6.07, 6.45) is 0.793. The van der Waals surface area contributed by atoms with Gasteiger partial charge in [0, 0.05) is 6.54 Å². The van der Waals surface area contributed by atoms with Gasteiger partial charge in [0.05, 0.1) is 6.10 Å². The van der Waals surface area contributed by atoms with Crippen molar-refractivity contribution in [2.75, 3.05) is 19.6 Å². The van der Waals surface area contributed by atoms with E-state index in [0.29, 0.717) is 19.0 Å². The molecule has 70 valence electrons. The Bertz CT molecular complexity index is 94.7. The lowest BCUT2D eigenvalue weighted by Crippen LogP contribution is -2.43. The topological polar surface area (TPSA) is 58.3 Å². The Kier molecular flexibility index (Phi) is 9.08. The van der Waals surface area contributed by atoms with E-state index in [1.165, 1.54) is 0 Å². The average Bonchev–Trinajstić information content (AvgIpc) is 1.89. The number of nitrogens with two attached hydrogens (primary N) is 1. The third-order valence-electron chi connectivity index (χ3n) is 1.89. The number of piperidine rings is 1. The van der Waals surface area contributed by atoms with Gasteiger partial charge in [-0.25, -0.2) is 0 Å². The third kappa shape index (κ3) is 4.13. The minimum absolute atomic E-state index is 0. The maximum Gasteiger partial charge on any atom is 0.0705 e. The first-order valence-corrected chi connectivity index (χ1v) is 3.43. The number of nitrogens with one attached hydrogen (secondary N) is 1. The van der Waals surface area contributed by atoms with Gasteiger partial charge in [-0.3, -0.25) is 0 Å². The largest absolute Gasteiger partial charge is 0.391 e. The van der Waals surface area contributed by atoms with Crippen LogP contribution < -0.4 is 11.1 Å². The highest BCUT2D eigenvalue weighted by molar-refractivity contribution is 5.85. The van der Waals surface area contributed by atoms with Crippen molar-refractivity contribution in [3.63, 3.8) is 0 Å². The molecule has 2 atom stereocenters. The Morgan fingerprint density at radius 1 is 1.45 bits per heavy atom. The highest BCUT2D eigenvalue weighted by Gasteiger charge is 2.20. The van der Waals surface area contributed by atoms with Gasteiger partial charge in [0.15, 0.2) is 0 Å². The Morgan fingerprint density at radius 2 is 2.09 bits per heavy atom. The summed E-state index contributed by atoms with van der Waals surface area (Å²) in [5.41, 5.74) is 5.41. The van der Waals surface area contributed by atoms with Crippen LogP contribution in [-0.4, -0.2) is 30.8 Å². The lowest BCUT2D eigenvalue weighted by Gasteiger charge is -2.26. The fourth-order valence-electron chi connectivity index (χ4n) is 1.17. The highest BCUT2D eigenvalue weighted by atomic mass is 35.5. The van der Waals surface area contributed by atoms with Crippen molar-refractivity contribution < 1.29 is 5.11 Å². The van der Waals surface area contributed by atoms with Crippen LogP contribution in [0.4, 0.5) is 0 Å². The number of rotatable bonds is 1. The van der Waals surface area contributed by atoms with E-state index in [-0.39, 0.29) is 30.9 Å². The summed E-state index contributed by atoms with van der Waals surface area (Å²) in [6.45, 7) is 2.32. The zero-order valence-corrected chi connectivity index (χ0v) is 7.96. The van der Waals surface area contributed by atoms with Gasteiger partial charge in [0.1, 0.15) is 0 Å². The van der Waals surface area contributed by atoms with E-state index in [4.69, 9.17) is 5.73 Å². The molecule has 11 heavy (non-hydrogen) atoms. The van der Waals surface area contributed by atoms with Crippen LogP contribution in [0, 0.1) is 5.92 Å². The second-order valence-corrected chi connectivity index (χ2v) is 2.56. The molecule has 0 unspecified atom stereocenters. The Hall–Kier alpha value is 0.460. The first-order valence-electron chi connectivity index (χ1n) is 3.43. The van der Waals surface area contributed by atoms with Gasteiger partial charge >= 0.3 is 0 Å². The van der Waals surface area contributed by atoms with Crippen molar-refractivity contribution in [3.05, 3.63) is 0 Å². The SMILES string of the molecule is Cl.Cl.NC[C@H]1CCNC[C@H]1O. The molecular weight excluding hydrogens is 187 g/mol. The monoisotopic (exact) mass is 202 g/mol. The van der Waals surface area contributed by atoms with Crippen LogP contribution >= 0.6 is 24.8 Å². The van der Waals surface area contributed by atoms with Crippen LogP contribution in [0.5, 0.6) is 0 Å². The lowest BCUT2D eigenvalue weighted by molar-refractivity contribution is 0.0863. The molecule has 3 nitrogen and oxygen atoms in total. The van der Waals surface area contributed by atoms with E-state index >= 15 is 0 Å². The number of β-amino-alcohol motifs (C(OH)–C–C–N with tert-alkyl or cyclic N) is 1. The molecule has 1 fully saturated rings. The molecule has 0 aliphatic carbocycles. The smallest absolute Gasteiger partial charge is 0.0705 e. The maximum absolute atomic E-state index is 9.23. The normalized spacial score (nSPS) is 30.0. The molecular formula is C6H16Cl2N2O. The van der Waals surface area contributed by atoms with E-state index in [9.17, 15) is 5.11 Å². The summed E-state index contributed by atoms with van der Waals surface area (Å²) in [5, 5.41) is 12.3. The zero-order valence-electron chi connectivity index (χ0n) is 6.32. The lowest BCUT2D eigenvalue weighted by atomic mass is 9.96. The number of hydrogen-bond donors (Lipinski definition) is 3. The van der Waals surface area contributed by atoms with Gasteiger partial charge in [-0.15, -0.1) is 24.8 Å². The molecule has 0 aromatic rings. The molecule has 4 N–H and O–H groups in total. The molecule has 0 saturated carbocycles. The van der Waals surface area contributed by atoms with E-state index in [0.717, 1.165) is 13.0 Å². The predicted molar refractivity (Wildman–Crippen MR) is 50.5 cm³/mol. The number of halogens is 2. The number of hydrogen-bond acceptors (Lipinski definition) is 3. The molecule has 1 saturated heterocycles. The average molecular weight is 203 g/mol. The molecule has 0 amide bonds. The van der Waals surface area contributed by atoms with Crippen LogP contribution in [-0.2, 0) is 0 Å². The molecule has 1 rings (SSSR count). The molecule has 0 aromatic carbocycles. The van der Waals surface area contributed by atoms with Crippen LogP contribution in [0.2, 0.25) is 0 Å². The molecule has 0 aromatic heterocycles. The van der Waals surface area contributed by atoms with Gasteiger partial charge in [0.25, 0.3) is 0 Å². The van der Waals surface area contributed by atoms with Crippen molar-refractivity contribution in [1.82, 2.24) is 5.32 Å². The first kappa shape index (κ1) is 14.0. The summed E-state index contributed by atoms with van der Waals surface area (Å²) >= 11 is 0. The van der Waals surface area contributed by atoms with Crippen LogP contribution in [0.1, 0.15) is 6.42 Å². The molecule has 5 heteroatoms. The van der Waals surface area contributed by atoms with Crippen molar-refractivity contribution in [1.29, 1.82) is 0 Å². The molecule has 1 aliphatic heterocycles. The minimum Gasteiger partial charge on any atom is -0.391 e. The molecule has 0 radical (unpaired) electrons. The Morgan fingerprint density at radius 3 is 2.45 bits per heavy atom. The first-order chi connectivity index (χ1) is 4.34. The van der Waals surface area contributed by atoms with Crippen LogP contribution in [0.15, 0.2) is 0 Å². The fourth-order valence-corrected chi connectivity index (χ4v) is 1.17. The van der Waals surface area contributed by atoms with Crippen molar-refractivity contribution in [3.8, 4) is 0 Å². The van der Waals surface area contributed by atoms with E-state index in [1.807, 2.05) is 0 Å². The fraction of sp³-hybridized carbons (Fsp3) is 1.00. The second-order valence-electron chi connectivity index (χ2n) is 2.56. The second kappa shape index (κ2) is 7.13. The molecule has 1 aliphatic rings. The van der Waals surface area contributed by atoms with Gasteiger partial charge in [-0.2, -0.15) is 0 Å². The van der Waals surface area contributed by atoms with Crippen molar-refractivity contribution in [2.24, 2.45) is 11.7 Å². The third-order valence-corrected chi connectivity index (χ3v) is 1.89. The van der Waals surface area contributed by atoms with Crippen molar-refractivity contribution in [2.45, 2.75) is 12.5 Å². The standard InChI is InChI=1S/C6H14N2O.2ClH/c7-3-5-1-2-8-4-6(5)9;;/h5-6,8-9H,1-4,7H2;2*1H/t5-,6-;;/m1../s1.